The van der Waals surface area contributed by atoms with E-state index in [1.165, 1.54) is 5.56 Å². The van der Waals surface area contributed by atoms with Gasteiger partial charge in [0, 0.05) is 26.1 Å². The molecular formula is C17H26N4O2. The van der Waals surface area contributed by atoms with Crippen LogP contribution in [0.25, 0.3) is 0 Å². The zero-order chi connectivity index (χ0) is 16.5. The molecule has 0 aliphatic carbocycles. The zero-order valence-electron chi connectivity index (χ0n) is 13.5. The quantitative estimate of drug-likeness (QED) is 0.703. The highest BCUT2D eigenvalue weighted by Gasteiger charge is 2.19. The van der Waals surface area contributed by atoms with E-state index in [1.54, 1.807) is 0 Å². The Morgan fingerprint density at radius 3 is 2.48 bits per heavy atom. The summed E-state index contributed by atoms with van der Waals surface area (Å²) < 4.78 is 0. The number of primary amides is 1. The van der Waals surface area contributed by atoms with Gasteiger partial charge in [-0.3, -0.25) is 9.69 Å². The number of rotatable bonds is 7. The van der Waals surface area contributed by atoms with Crippen LogP contribution < -0.4 is 16.4 Å². The molecule has 0 atom stereocenters. The summed E-state index contributed by atoms with van der Waals surface area (Å²) in [6.07, 6.45) is 2.36. The summed E-state index contributed by atoms with van der Waals surface area (Å²) in [4.78, 5) is 24.6. The smallest absolute Gasteiger partial charge is 0.314 e. The van der Waals surface area contributed by atoms with Crippen LogP contribution in [0.5, 0.6) is 0 Å². The number of nitrogens with one attached hydrogen (secondary N) is 2. The van der Waals surface area contributed by atoms with Crippen molar-refractivity contribution >= 4 is 11.9 Å². The summed E-state index contributed by atoms with van der Waals surface area (Å²) >= 11 is 0. The number of piperidine rings is 1. The third-order valence-corrected chi connectivity index (χ3v) is 4.16. The van der Waals surface area contributed by atoms with Crippen molar-refractivity contribution in [3.05, 3.63) is 35.9 Å². The highest BCUT2D eigenvalue weighted by atomic mass is 16.2. The summed E-state index contributed by atoms with van der Waals surface area (Å²) in [5.41, 5.74) is 6.37. The van der Waals surface area contributed by atoms with E-state index in [4.69, 9.17) is 5.73 Å². The van der Waals surface area contributed by atoms with Crippen molar-refractivity contribution in [2.45, 2.75) is 25.8 Å². The summed E-state index contributed by atoms with van der Waals surface area (Å²) in [6, 6.07) is 10.3. The molecule has 1 aliphatic rings. The number of hydrogen-bond donors (Lipinski definition) is 3. The average Bonchev–Trinajstić information content (AvgIpc) is 2.55. The molecule has 126 valence electrons. The van der Waals surface area contributed by atoms with Gasteiger partial charge >= 0.3 is 6.03 Å². The first-order valence-electron chi connectivity index (χ1n) is 8.20. The molecule has 3 amide bonds. The van der Waals surface area contributed by atoms with Crippen LogP contribution in [0, 0.1) is 5.92 Å². The van der Waals surface area contributed by atoms with E-state index in [9.17, 15) is 9.59 Å². The van der Waals surface area contributed by atoms with E-state index in [0.717, 1.165) is 32.5 Å². The van der Waals surface area contributed by atoms with Crippen LogP contribution in [-0.4, -0.2) is 43.0 Å². The van der Waals surface area contributed by atoms with Crippen molar-refractivity contribution in [3.8, 4) is 0 Å². The zero-order valence-corrected chi connectivity index (χ0v) is 13.5. The van der Waals surface area contributed by atoms with E-state index < -0.39 is 5.91 Å². The van der Waals surface area contributed by atoms with E-state index in [2.05, 4.69) is 39.8 Å². The number of amides is 3. The molecule has 6 heteroatoms. The minimum atomic E-state index is -0.406. The molecule has 23 heavy (non-hydrogen) atoms. The van der Waals surface area contributed by atoms with Crippen molar-refractivity contribution in [2.75, 3.05) is 26.2 Å². The lowest BCUT2D eigenvalue weighted by atomic mass is 9.96. The highest BCUT2D eigenvalue weighted by molar-refractivity contribution is 5.76. The molecule has 0 radical (unpaired) electrons. The van der Waals surface area contributed by atoms with Gasteiger partial charge in [-0.15, -0.1) is 0 Å². The Morgan fingerprint density at radius 2 is 1.83 bits per heavy atom. The van der Waals surface area contributed by atoms with E-state index in [0.29, 0.717) is 12.5 Å². The summed E-state index contributed by atoms with van der Waals surface area (Å²) in [7, 11) is 0. The molecule has 1 aromatic carbocycles. The third kappa shape index (κ3) is 6.69. The minimum absolute atomic E-state index is 0.172. The van der Waals surface area contributed by atoms with Gasteiger partial charge in [0.05, 0.1) is 0 Å². The van der Waals surface area contributed by atoms with Crippen molar-refractivity contribution in [2.24, 2.45) is 11.7 Å². The fraction of sp³-hybridized carbons (Fsp3) is 0.529. The molecule has 0 unspecified atom stereocenters. The Hall–Kier alpha value is -2.08. The van der Waals surface area contributed by atoms with Crippen LogP contribution in [0.15, 0.2) is 30.3 Å². The minimum Gasteiger partial charge on any atom is -0.370 e. The fourth-order valence-corrected chi connectivity index (χ4v) is 2.79. The predicted molar refractivity (Wildman–Crippen MR) is 89.7 cm³/mol. The monoisotopic (exact) mass is 318 g/mol. The number of carbonyl (C=O) groups is 2. The van der Waals surface area contributed by atoms with Gasteiger partial charge in [0.15, 0.2) is 0 Å². The Kier molecular flexibility index (Phi) is 6.87. The molecule has 1 heterocycles. The van der Waals surface area contributed by atoms with Crippen molar-refractivity contribution in [1.29, 1.82) is 0 Å². The maximum atomic E-state index is 11.6. The number of benzene rings is 1. The fourth-order valence-electron chi connectivity index (χ4n) is 2.79. The Bertz CT molecular complexity index is 499. The standard InChI is InChI=1S/C17H26N4O2/c18-16(22)6-9-19-17(23)20-12-14-7-10-21(11-8-14)13-15-4-2-1-3-5-15/h1-5,14H,6-13H2,(H2,18,22)(H2,19,20,23). The van der Waals surface area contributed by atoms with Crippen LogP contribution in [-0.2, 0) is 11.3 Å². The average molecular weight is 318 g/mol. The third-order valence-electron chi connectivity index (χ3n) is 4.16. The first-order valence-corrected chi connectivity index (χ1v) is 8.20. The van der Waals surface area contributed by atoms with Crippen LogP contribution in [0.2, 0.25) is 0 Å². The molecule has 6 nitrogen and oxygen atoms in total. The summed E-state index contributed by atoms with van der Waals surface area (Å²) in [5, 5.41) is 5.50. The summed E-state index contributed by atoms with van der Waals surface area (Å²) in [5.74, 6) is 0.111. The second-order valence-electron chi connectivity index (χ2n) is 6.06. The largest absolute Gasteiger partial charge is 0.370 e. The predicted octanol–water partition coefficient (Wildman–Crippen LogP) is 1.07. The molecule has 1 saturated heterocycles. The molecule has 0 bridgehead atoms. The first-order chi connectivity index (χ1) is 11.1. The van der Waals surface area contributed by atoms with Gasteiger partial charge in [-0.1, -0.05) is 30.3 Å². The molecule has 0 spiro atoms. The van der Waals surface area contributed by atoms with Crippen LogP contribution >= 0.6 is 0 Å². The molecule has 1 aliphatic heterocycles. The number of hydrogen-bond acceptors (Lipinski definition) is 3. The van der Waals surface area contributed by atoms with Gasteiger partial charge < -0.3 is 16.4 Å². The van der Waals surface area contributed by atoms with E-state index >= 15 is 0 Å². The number of likely N-dealkylation sites (tertiary alicyclic amines) is 1. The molecule has 0 aromatic heterocycles. The molecule has 2 rings (SSSR count). The van der Waals surface area contributed by atoms with Gasteiger partial charge in [0.1, 0.15) is 0 Å². The topological polar surface area (TPSA) is 87.5 Å². The van der Waals surface area contributed by atoms with Gasteiger partial charge in [0.2, 0.25) is 5.91 Å². The Morgan fingerprint density at radius 1 is 1.13 bits per heavy atom. The number of carbonyl (C=O) groups excluding carboxylic acids is 2. The van der Waals surface area contributed by atoms with Gasteiger partial charge in [0.25, 0.3) is 0 Å². The summed E-state index contributed by atoms with van der Waals surface area (Å²) in [6.45, 7) is 4.09. The lowest BCUT2D eigenvalue weighted by Gasteiger charge is -2.32. The number of nitrogens with two attached hydrogens (primary N) is 1. The van der Waals surface area contributed by atoms with Crippen molar-refractivity contribution in [1.82, 2.24) is 15.5 Å². The second-order valence-corrected chi connectivity index (χ2v) is 6.06. The van der Waals surface area contributed by atoms with Gasteiger partial charge in [-0.2, -0.15) is 0 Å². The van der Waals surface area contributed by atoms with Crippen LogP contribution in [0.3, 0.4) is 0 Å². The molecule has 4 N–H and O–H groups in total. The molecule has 1 aromatic rings. The van der Waals surface area contributed by atoms with Gasteiger partial charge in [-0.05, 0) is 37.4 Å². The highest BCUT2D eigenvalue weighted by Crippen LogP contribution is 2.18. The van der Waals surface area contributed by atoms with Gasteiger partial charge in [-0.25, -0.2) is 4.79 Å². The SMILES string of the molecule is NC(=O)CCNC(=O)NCC1CCN(Cc2ccccc2)CC1. The molecular weight excluding hydrogens is 292 g/mol. The van der Waals surface area contributed by atoms with E-state index in [-0.39, 0.29) is 19.0 Å². The number of urea groups is 1. The lowest BCUT2D eigenvalue weighted by molar-refractivity contribution is -0.117. The first kappa shape index (κ1) is 17.3. The van der Waals surface area contributed by atoms with Crippen LogP contribution in [0.4, 0.5) is 4.79 Å². The normalized spacial score (nSPS) is 16.0. The maximum Gasteiger partial charge on any atom is 0.314 e. The number of nitrogens with zero attached hydrogens (tertiary/aromatic N) is 1. The van der Waals surface area contributed by atoms with Crippen LogP contribution in [0.1, 0.15) is 24.8 Å². The van der Waals surface area contributed by atoms with Crippen molar-refractivity contribution < 1.29 is 9.59 Å². The maximum absolute atomic E-state index is 11.6. The second kappa shape index (κ2) is 9.15. The van der Waals surface area contributed by atoms with Crippen molar-refractivity contribution in [3.63, 3.8) is 0 Å². The lowest BCUT2D eigenvalue weighted by Crippen LogP contribution is -2.42. The van der Waals surface area contributed by atoms with E-state index in [1.807, 2.05) is 6.07 Å². The molecule has 0 saturated carbocycles. The Balaban J connectivity index is 1.59. The Labute approximate surface area is 137 Å². The molecule has 1 fully saturated rings.